The van der Waals surface area contributed by atoms with Crippen molar-refractivity contribution in [2.75, 3.05) is 0 Å². The Morgan fingerprint density at radius 1 is 1.23 bits per heavy atom. The highest BCUT2D eigenvalue weighted by atomic mass is 16.5. The summed E-state index contributed by atoms with van der Waals surface area (Å²) in [7, 11) is 0. The molecule has 5 rings (SSSR count). The van der Waals surface area contributed by atoms with E-state index in [9.17, 15) is 4.79 Å². The van der Waals surface area contributed by atoms with Crippen molar-refractivity contribution in [3.05, 3.63) is 77.4 Å². The molecule has 0 atom stereocenters. The molecule has 0 unspecified atom stereocenters. The molecule has 126 valence electrons. The molecule has 0 N–H and O–H groups in total. The molecule has 5 heteroatoms. The summed E-state index contributed by atoms with van der Waals surface area (Å²) in [4.78, 5) is 22.0. The van der Waals surface area contributed by atoms with Gasteiger partial charge < -0.3 is 4.74 Å². The average molecular weight is 341 g/mol. The number of hydrogen-bond acceptors (Lipinski definition) is 4. The van der Waals surface area contributed by atoms with Gasteiger partial charge in [-0.3, -0.25) is 14.3 Å². The third-order valence-corrected chi connectivity index (χ3v) is 4.74. The van der Waals surface area contributed by atoms with E-state index >= 15 is 0 Å². The molecule has 4 aromatic rings. The number of ether oxygens (including phenoxy) is 1. The molecule has 0 bridgehead atoms. The lowest BCUT2D eigenvalue weighted by molar-refractivity contribution is 0.302. The highest BCUT2D eigenvalue weighted by molar-refractivity contribution is 5.94. The molecule has 0 saturated carbocycles. The topological polar surface area (TPSA) is 57.0 Å². The fourth-order valence-electron chi connectivity index (χ4n) is 3.57. The lowest BCUT2D eigenvalue weighted by Gasteiger charge is -2.25. The third kappa shape index (κ3) is 2.00. The van der Waals surface area contributed by atoms with E-state index in [0.29, 0.717) is 30.0 Å². The Kier molecular flexibility index (Phi) is 3.15. The van der Waals surface area contributed by atoms with Gasteiger partial charge in [-0.2, -0.15) is 0 Å². The number of pyridine rings is 3. The van der Waals surface area contributed by atoms with Crippen LogP contribution in [-0.2, 0) is 13.2 Å². The lowest BCUT2D eigenvalue weighted by atomic mass is 10.0. The van der Waals surface area contributed by atoms with Gasteiger partial charge in [0.25, 0.3) is 5.56 Å². The quantitative estimate of drug-likeness (QED) is 0.522. The highest BCUT2D eigenvalue weighted by Crippen LogP contribution is 2.40. The smallest absolute Gasteiger partial charge is 0.261 e. The molecule has 1 aliphatic rings. The van der Waals surface area contributed by atoms with Crippen LogP contribution in [-0.4, -0.2) is 14.5 Å². The Morgan fingerprint density at radius 3 is 3.00 bits per heavy atom. The van der Waals surface area contributed by atoms with E-state index in [0.717, 1.165) is 27.5 Å². The van der Waals surface area contributed by atoms with Crippen LogP contribution in [0.1, 0.15) is 5.56 Å². The van der Waals surface area contributed by atoms with Crippen molar-refractivity contribution >= 4 is 21.7 Å². The van der Waals surface area contributed by atoms with Gasteiger partial charge in [0.05, 0.1) is 16.6 Å². The van der Waals surface area contributed by atoms with Crippen LogP contribution in [0, 0.1) is 0 Å². The number of para-hydroxylation sites is 1. The molecule has 26 heavy (non-hydrogen) atoms. The second-order valence-corrected chi connectivity index (χ2v) is 6.28. The molecule has 1 aliphatic heterocycles. The first kappa shape index (κ1) is 14.8. The van der Waals surface area contributed by atoms with Crippen molar-refractivity contribution in [3.63, 3.8) is 0 Å². The molecule has 0 aliphatic carbocycles. The van der Waals surface area contributed by atoms with Crippen LogP contribution in [0.25, 0.3) is 33.1 Å². The van der Waals surface area contributed by atoms with Crippen LogP contribution in [0.15, 0.2) is 66.2 Å². The van der Waals surface area contributed by atoms with Crippen LogP contribution in [0.3, 0.4) is 0 Å². The van der Waals surface area contributed by atoms with Crippen LogP contribution in [0.5, 0.6) is 5.75 Å². The minimum atomic E-state index is -0.113. The number of nitrogens with zero attached hydrogens (tertiary/aromatic N) is 3. The molecule has 0 saturated heterocycles. The number of allylic oxidation sites excluding steroid dienone is 1. The number of aromatic nitrogens is 3. The van der Waals surface area contributed by atoms with Gasteiger partial charge in [0.1, 0.15) is 12.3 Å². The van der Waals surface area contributed by atoms with Gasteiger partial charge >= 0.3 is 0 Å². The zero-order valence-corrected chi connectivity index (χ0v) is 14.0. The van der Waals surface area contributed by atoms with E-state index in [1.807, 2.05) is 30.3 Å². The van der Waals surface area contributed by atoms with E-state index in [-0.39, 0.29) is 5.56 Å². The van der Waals surface area contributed by atoms with Crippen molar-refractivity contribution in [3.8, 4) is 17.1 Å². The Labute approximate surface area is 149 Å². The van der Waals surface area contributed by atoms with Crippen molar-refractivity contribution in [2.24, 2.45) is 0 Å². The summed E-state index contributed by atoms with van der Waals surface area (Å²) in [5, 5.41) is 2.36. The van der Waals surface area contributed by atoms with Crippen LogP contribution in [0.4, 0.5) is 0 Å². The number of hydrogen-bond donors (Lipinski definition) is 0. The summed E-state index contributed by atoms with van der Waals surface area (Å²) in [5.74, 6) is 0.680. The summed E-state index contributed by atoms with van der Waals surface area (Å²) >= 11 is 0. The summed E-state index contributed by atoms with van der Waals surface area (Å²) in [5.41, 5.74) is 3.26. The summed E-state index contributed by atoms with van der Waals surface area (Å²) in [6, 6.07) is 11.9. The largest absolute Gasteiger partial charge is 0.486 e. The standard InChI is InChI=1S/C21H15N3O2/c1-2-9-24-19-18-14(10-13-5-3-4-6-17(13)23-18)12-26-20(19)15-7-8-22-11-16(15)21(24)25/h2-8,10-11H,1,9,12H2. The molecule has 0 radical (unpaired) electrons. The Balaban J connectivity index is 1.95. The van der Waals surface area contributed by atoms with Gasteiger partial charge in [-0.1, -0.05) is 24.3 Å². The van der Waals surface area contributed by atoms with Gasteiger partial charge in [0.15, 0.2) is 5.75 Å². The zero-order chi connectivity index (χ0) is 17.7. The van der Waals surface area contributed by atoms with Crippen molar-refractivity contribution in [1.29, 1.82) is 0 Å². The van der Waals surface area contributed by atoms with Gasteiger partial charge in [0, 0.05) is 35.3 Å². The predicted octanol–water partition coefficient (Wildman–Crippen LogP) is 3.69. The number of rotatable bonds is 2. The molecule has 0 spiro atoms. The minimum absolute atomic E-state index is 0.113. The van der Waals surface area contributed by atoms with Crippen LogP contribution < -0.4 is 10.3 Å². The SMILES string of the molecule is C=CCn1c2c(c3ccncc3c1=O)OCc1cc3ccccc3nc1-2. The monoisotopic (exact) mass is 341 g/mol. The minimum Gasteiger partial charge on any atom is -0.486 e. The third-order valence-electron chi connectivity index (χ3n) is 4.74. The van der Waals surface area contributed by atoms with E-state index in [1.54, 1.807) is 23.0 Å². The molecule has 5 nitrogen and oxygen atoms in total. The zero-order valence-electron chi connectivity index (χ0n) is 14.0. The Hall–Kier alpha value is -3.47. The van der Waals surface area contributed by atoms with E-state index in [2.05, 4.69) is 17.6 Å². The first-order valence-corrected chi connectivity index (χ1v) is 8.41. The fraction of sp³-hybridized carbons (Fsp3) is 0.0952. The van der Waals surface area contributed by atoms with Gasteiger partial charge in [-0.05, 0) is 18.2 Å². The van der Waals surface area contributed by atoms with Gasteiger partial charge in [0.2, 0.25) is 0 Å². The van der Waals surface area contributed by atoms with Crippen molar-refractivity contribution in [1.82, 2.24) is 14.5 Å². The van der Waals surface area contributed by atoms with E-state index < -0.39 is 0 Å². The normalized spacial score (nSPS) is 12.5. The predicted molar refractivity (Wildman–Crippen MR) is 101 cm³/mol. The average Bonchev–Trinajstić information content (AvgIpc) is 2.69. The van der Waals surface area contributed by atoms with Gasteiger partial charge in [-0.15, -0.1) is 6.58 Å². The highest BCUT2D eigenvalue weighted by Gasteiger charge is 2.26. The second-order valence-electron chi connectivity index (χ2n) is 6.28. The second kappa shape index (κ2) is 5.52. The molecule has 0 fully saturated rings. The molecular weight excluding hydrogens is 326 g/mol. The van der Waals surface area contributed by atoms with E-state index in [4.69, 9.17) is 9.72 Å². The Morgan fingerprint density at radius 2 is 2.12 bits per heavy atom. The summed E-state index contributed by atoms with van der Waals surface area (Å²) in [6.45, 7) is 4.59. The first-order valence-electron chi connectivity index (χ1n) is 8.41. The van der Waals surface area contributed by atoms with Gasteiger partial charge in [-0.25, -0.2) is 4.98 Å². The van der Waals surface area contributed by atoms with E-state index in [1.165, 1.54) is 0 Å². The molecule has 0 amide bonds. The maximum absolute atomic E-state index is 13.1. The lowest BCUT2D eigenvalue weighted by Crippen LogP contribution is -2.25. The fourth-order valence-corrected chi connectivity index (χ4v) is 3.57. The Bertz CT molecular complexity index is 1260. The number of fused-ring (bicyclic) bond motifs is 6. The molecule has 3 aromatic heterocycles. The van der Waals surface area contributed by atoms with Crippen LogP contribution >= 0.6 is 0 Å². The van der Waals surface area contributed by atoms with Crippen molar-refractivity contribution in [2.45, 2.75) is 13.2 Å². The molecular formula is C21H15N3O2. The molecule has 1 aromatic carbocycles. The summed E-state index contributed by atoms with van der Waals surface area (Å²) in [6.07, 6.45) is 4.97. The summed E-state index contributed by atoms with van der Waals surface area (Å²) < 4.78 is 7.77. The van der Waals surface area contributed by atoms with Crippen molar-refractivity contribution < 1.29 is 4.74 Å². The van der Waals surface area contributed by atoms with Crippen LogP contribution in [0.2, 0.25) is 0 Å². The maximum Gasteiger partial charge on any atom is 0.261 e. The molecule has 4 heterocycles. The first-order chi connectivity index (χ1) is 12.8. The number of benzene rings is 1. The maximum atomic E-state index is 13.1.